The van der Waals surface area contributed by atoms with E-state index in [-0.39, 0.29) is 39.0 Å². The quantitative estimate of drug-likeness (QED) is 0.111. The molecule has 0 aromatic heterocycles. The zero-order valence-corrected chi connectivity index (χ0v) is 17.3. The van der Waals surface area contributed by atoms with E-state index in [1.165, 1.54) is 4.90 Å². The molecule has 0 bridgehead atoms. The number of rotatable bonds is 19. The number of hydrogen-bond donors (Lipinski definition) is 6. The van der Waals surface area contributed by atoms with E-state index in [4.69, 9.17) is 26.2 Å². The maximum atomic E-state index is 11.8. The van der Waals surface area contributed by atoms with Crippen molar-refractivity contribution in [2.45, 2.75) is 18.9 Å². The molecule has 0 aliphatic heterocycles. The van der Waals surface area contributed by atoms with Crippen LogP contribution in [0.15, 0.2) is 0 Å². The van der Waals surface area contributed by atoms with Crippen LogP contribution in [0.3, 0.4) is 0 Å². The minimum Gasteiger partial charge on any atom is -0.480 e. The average molecular weight is 464 g/mol. The molecule has 0 aliphatic rings. The summed E-state index contributed by atoms with van der Waals surface area (Å²) in [5.41, 5.74) is 5.08. The number of aliphatic carboxylic acids is 5. The third kappa shape index (κ3) is 13.8. The fourth-order valence-electron chi connectivity index (χ4n) is 2.90. The van der Waals surface area contributed by atoms with Crippen molar-refractivity contribution in [3.05, 3.63) is 0 Å². The lowest BCUT2D eigenvalue weighted by Crippen LogP contribution is -2.50. The second kappa shape index (κ2) is 14.7. The molecule has 15 nitrogen and oxygen atoms in total. The average Bonchev–Trinajstić information content (AvgIpc) is 2.60. The van der Waals surface area contributed by atoms with E-state index >= 15 is 0 Å². The summed E-state index contributed by atoms with van der Waals surface area (Å²) in [6, 6.07) is -1.28. The van der Waals surface area contributed by atoms with E-state index in [9.17, 15) is 33.9 Å². The molecule has 0 rings (SSSR count). The third-order valence-corrected chi connectivity index (χ3v) is 4.23. The molecule has 15 heteroatoms. The number of nitrogens with two attached hydrogens (primary N) is 1. The Hall–Kier alpha value is -3.30. The van der Waals surface area contributed by atoms with Gasteiger partial charge in [-0.25, -0.2) is 0 Å². The highest BCUT2D eigenvalue weighted by Crippen LogP contribution is 2.09. The normalized spacial score (nSPS) is 12.1. The Morgan fingerprint density at radius 3 is 1.22 bits per heavy atom. The first-order chi connectivity index (χ1) is 14.8. The van der Waals surface area contributed by atoms with Crippen LogP contribution in [-0.2, 0) is 28.8 Å². The molecule has 0 spiro atoms. The maximum absolute atomic E-state index is 11.8. The molecule has 0 aromatic carbocycles. The van der Waals surface area contributed by atoms with Gasteiger partial charge < -0.3 is 31.3 Å². The minimum atomic E-state index is -1.34. The number of carbonyl (C=O) groups is 6. The fraction of sp³-hybridized carbons (Fsp3) is 0.647. The van der Waals surface area contributed by atoms with Crippen molar-refractivity contribution in [2.24, 2.45) is 5.73 Å². The van der Waals surface area contributed by atoms with Crippen molar-refractivity contribution in [3.8, 4) is 0 Å². The lowest BCUT2D eigenvalue weighted by molar-refractivity contribution is -0.146. The largest absolute Gasteiger partial charge is 0.480 e. The number of carboxylic acid groups (broad SMARTS) is 5. The van der Waals surface area contributed by atoms with Gasteiger partial charge in [-0.1, -0.05) is 0 Å². The summed E-state index contributed by atoms with van der Waals surface area (Å²) in [7, 11) is 0. The van der Waals surface area contributed by atoms with Crippen molar-refractivity contribution in [1.29, 1.82) is 0 Å². The monoisotopic (exact) mass is 464 g/mol. The predicted molar refractivity (Wildman–Crippen MR) is 105 cm³/mol. The van der Waals surface area contributed by atoms with Gasteiger partial charge in [0.2, 0.25) is 5.91 Å². The number of carboxylic acids is 5. The Balaban J connectivity index is 5.53. The van der Waals surface area contributed by atoms with Crippen molar-refractivity contribution >= 4 is 35.8 Å². The molecule has 0 aliphatic carbocycles. The van der Waals surface area contributed by atoms with E-state index in [1.807, 2.05) is 0 Å². The third-order valence-electron chi connectivity index (χ3n) is 4.23. The van der Waals surface area contributed by atoms with E-state index in [0.29, 0.717) is 0 Å². The van der Waals surface area contributed by atoms with Gasteiger partial charge in [0, 0.05) is 32.6 Å². The summed E-state index contributed by atoms with van der Waals surface area (Å²) >= 11 is 0. The summed E-state index contributed by atoms with van der Waals surface area (Å²) in [4.78, 5) is 70.1. The number of hydrogen-bond acceptors (Lipinski definition) is 9. The van der Waals surface area contributed by atoms with Gasteiger partial charge in [-0.15, -0.1) is 0 Å². The van der Waals surface area contributed by atoms with Gasteiger partial charge in [0.25, 0.3) is 0 Å². The van der Waals surface area contributed by atoms with Crippen LogP contribution in [0.4, 0.5) is 0 Å². The standard InChI is InChI=1S/C17H28N4O11/c18-12(22)2-1-11(17(31)32)21(5-3-19(7-13(23)24)8-14(25)26)6-4-20(9-15(27)28)10-16(29)30/h11H,1-10H2,(H2,18,22)(H,23,24)(H,25,26)(H,27,28)(H,29,30)(H,31,32). The van der Waals surface area contributed by atoms with E-state index < -0.39 is 68.0 Å². The highest BCUT2D eigenvalue weighted by atomic mass is 16.4. The highest BCUT2D eigenvalue weighted by molar-refractivity contribution is 5.77. The second-order valence-corrected chi connectivity index (χ2v) is 6.89. The van der Waals surface area contributed by atoms with Crippen molar-refractivity contribution in [2.75, 3.05) is 52.4 Å². The summed E-state index contributed by atoms with van der Waals surface area (Å²) < 4.78 is 0. The van der Waals surface area contributed by atoms with E-state index in [1.54, 1.807) is 0 Å². The Labute approximate surface area is 182 Å². The number of nitrogens with zero attached hydrogens (tertiary/aromatic N) is 3. The molecule has 0 heterocycles. The number of amides is 1. The molecule has 0 radical (unpaired) electrons. The van der Waals surface area contributed by atoms with Gasteiger partial charge in [0.15, 0.2) is 0 Å². The van der Waals surface area contributed by atoms with Crippen LogP contribution in [0.2, 0.25) is 0 Å². The molecule has 182 valence electrons. The lowest BCUT2D eigenvalue weighted by Gasteiger charge is -2.32. The Morgan fingerprint density at radius 2 is 0.969 bits per heavy atom. The van der Waals surface area contributed by atoms with Crippen molar-refractivity contribution in [3.63, 3.8) is 0 Å². The first kappa shape index (κ1) is 28.7. The molecular formula is C17H28N4O11. The molecule has 32 heavy (non-hydrogen) atoms. The predicted octanol–water partition coefficient (Wildman–Crippen LogP) is -3.05. The topological polar surface area (TPSA) is 239 Å². The molecular weight excluding hydrogens is 436 g/mol. The van der Waals surface area contributed by atoms with Crippen LogP contribution >= 0.6 is 0 Å². The molecule has 1 unspecified atom stereocenters. The van der Waals surface area contributed by atoms with Crippen molar-refractivity contribution in [1.82, 2.24) is 14.7 Å². The molecule has 1 amide bonds. The van der Waals surface area contributed by atoms with Gasteiger partial charge in [-0.3, -0.25) is 43.5 Å². The maximum Gasteiger partial charge on any atom is 0.320 e. The first-order valence-electron chi connectivity index (χ1n) is 9.38. The van der Waals surface area contributed by atoms with Crippen LogP contribution in [0.1, 0.15) is 12.8 Å². The Morgan fingerprint density at radius 1 is 0.625 bits per heavy atom. The summed E-state index contributed by atoms with van der Waals surface area (Å²) in [6.07, 6.45) is -0.490. The zero-order valence-electron chi connectivity index (χ0n) is 17.3. The highest BCUT2D eigenvalue weighted by Gasteiger charge is 2.28. The second-order valence-electron chi connectivity index (χ2n) is 6.89. The number of carbonyl (C=O) groups excluding carboxylic acids is 1. The Kier molecular flexibility index (Phi) is 13.1. The number of primary amides is 1. The molecule has 0 saturated carbocycles. The minimum absolute atomic E-state index is 0.149. The van der Waals surface area contributed by atoms with Crippen molar-refractivity contribution < 1.29 is 54.3 Å². The fourth-order valence-corrected chi connectivity index (χ4v) is 2.90. The lowest BCUT2D eigenvalue weighted by atomic mass is 10.1. The van der Waals surface area contributed by atoms with Crippen LogP contribution < -0.4 is 5.73 Å². The molecule has 1 atom stereocenters. The molecule has 7 N–H and O–H groups in total. The van der Waals surface area contributed by atoms with Gasteiger partial charge in [-0.05, 0) is 6.42 Å². The summed E-state index contributed by atoms with van der Waals surface area (Å²) in [5.74, 6) is -7.28. The summed E-state index contributed by atoms with van der Waals surface area (Å²) in [5, 5.41) is 45.3. The van der Waals surface area contributed by atoms with Crippen LogP contribution in [0.25, 0.3) is 0 Å². The van der Waals surface area contributed by atoms with Gasteiger partial charge >= 0.3 is 29.8 Å². The zero-order chi connectivity index (χ0) is 24.8. The van der Waals surface area contributed by atoms with Crippen LogP contribution in [0, 0.1) is 0 Å². The van der Waals surface area contributed by atoms with Gasteiger partial charge in [-0.2, -0.15) is 0 Å². The SMILES string of the molecule is NC(=O)CCC(C(=O)O)N(CCN(CC(=O)O)CC(=O)O)CCN(CC(=O)O)CC(=O)O. The van der Waals surface area contributed by atoms with Gasteiger partial charge in [0.1, 0.15) is 6.04 Å². The smallest absolute Gasteiger partial charge is 0.320 e. The molecule has 0 fully saturated rings. The van der Waals surface area contributed by atoms with E-state index in [2.05, 4.69) is 0 Å². The first-order valence-corrected chi connectivity index (χ1v) is 9.38. The van der Waals surface area contributed by atoms with Gasteiger partial charge in [0.05, 0.1) is 26.2 Å². The Bertz CT molecular complexity index is 628. The van der Waals surface area contributed by atoms with Crippen LogP contribution in [-0.4, -0.2) is 134 Å². The van der Waals surface area contributed by atoms with E-state index in [0.717, 1.165) is 9.80 Å². The van der Waals surface area contributed by atoms with Crippen LogP contribution in [0.5, 0.6) is 0 Å². The molecule has 0 saturated heterocycles. The molecule has 0 aromatic rings. The summed E-state index contributed by atoms with van der Waals surface area (Å²) in [6.45, 7) is -3.12.